The molecule has 0 bridgehead atoms. The lowest BCUT2D eigenvalue weighted by atomic mass is 9.86. The zero-order valence-corrected chi connectivity index (χ0v) is 19.2. The molecule has 0 saturated heterocycles. The zero-order valence-electron chi connectivity index (χ0n) is 18.4. The quantitative estimate of drug-likeness (QED) is 0.457. The predicted octanol–water partition coefficient (Wildman–Crippen LogP) is 5.55. The first-order valence-corrected chi connectivity index (χ1v) is 11.8. The highest BCUT2D eigenvalue weighted by Gasteiger charge is 2.32. The Morgan fingerprint density at radius 2 is 2.10 bits per heavy atom. The molecule has 4 rings (SSSR count). The lowest BCUT2D eigenvalue weighted by Gasteiger charge is -2.30. The van der Waals surface area contributed by atoms with Crippen LogP contribution in [0.5, 0.6) is 0 Å². The van der Waals surface area contributed by atoms with Gasteiger partial charge in [-0.15, -0.1) is 11.3 Å². The van der Waals surface area contributed by atoms with Gasteiger partial charge in [0.05, 0.1) is 23.5 Å². The average molecular weight is 436 g/mol. The van der Waals surface area contributed by atoms with Crippen LogP contribution in [-0.2, 0) is 24.3 Å². The standard InChI is InChI=1S/C25H29N3O2S/c1-4-27-14-18(13-26-27)15-28(20-10-8-19(9-11-20)17(2)3)25(30)22-6-5-7-24-23(22)12-21(16-29)31-24/h8-14,16-17,22H,4-7,15H2,1-3H3. The molecule has 0 N–H and O–H groups in total. The number of carbonyl (C=O) groups excluding carboxylic acids is 2. The fourth-order valence-electron chi connectivity index (χ4n) is 4.26. The molecule has 3 aromatic rings. The lowest BCUT2D eigenvalue weighted by Crippen LogP contribution is -2.35. The van der Waals surface area contributed by atoms with Crippen LogP contribution in [0.3, 0.4) is 0 Å². The number of benzene rings is 1. The SMILES string of the molecule is CCn1cc(CN(C(=O)C2CCCc3sc(C=O)cc32)c2ccc(C(C)C)cc2)cn1. The molecule has 31 heavy (non-hydrogen) atoms. The summed E-state index contributed by atoms with van der Waals surface area (Å²) in [4.78, 5) is 29.0. The molecule has 0 radical (unpaired) electrons. The first-order chi connectivity index (χ1) is 15.0. The van der Waals surface area contributed by atoms with Crippen molar-refractivity contribution in [2.24, 2.45) is 0 Å². The van der Waals surface area contributed by atoms with Gasteiger partial charge in [0.2, 0.25) is 5.91 Å². The third-order valence-electron chi connectivity index (χ3n) is 6.04. The van der Waals surface area contributed by atoms with Crippen LogP contribution < -0.4 is 4.90 Å². The average Bonchev–Trinajstić information content (AvgIpc) is 3.43. The Labute approximate surface area is 187 Å². The van der Waals surface area contributed by atoms with E-state index in [1.165, 1.54) is 21.8 Å². The summed E-state index contributed by atoms with van der Waals surface area (Å²) in [6.45, 7) is 7.67. The van der Waals surface area contributed by atoms with Gasteiger partial charge in [-0.1, -0.05) is 26.0 Å². The maximum Gasteiger partial charge on any atom is 0.234 e. The van der Waals surface area contributed by atoms with Gasteiger partial charge in [-0.3, -0.25) is 14.3 Å². The second-order valence-electron chi connectivity index (χ2n) is 8.46. The van der Waals surface area contributed by atoms with Crippen molar-refractivity contribution in [3.63, 3.8) is 0 Å². The monoisotopic (exact) mass is 435 g/mol. The number of fused-ring (bicyclic) bond motifs is 1. The lowest BCUT2D eigenvalue weighted by molar-refractivity contribution is -0.120. The number of hydrogen-bond donors (Lipinski definition) is 0. The third-order valence-corrected chi connectivity index (χ3v) is 7.17. The van der Waals surface area contributed by atoms with Gasteiger partial charge in [0.25, 0.3) is 0 Å². The molecule has 0 fully saturated rings. The van der Waals surface area contributed by atoms with E-state index < -0.39 is 0 Å². The second kappa shape index (κ2) is 9.18. The molecule has 5 nitrogen and oxygen atoms in total. The number of aldehydes is 1. The molecular weight excluding hydrogens is 406 g/mol. The van der Waals surface area contributed by atoms with E-state index in [0.29, 0.717) is 17.3 Å². The summed E-state index contributed by atoms with van der Waals surface area (Å²) in [5.74, 6) is 0.326. The van der Waals surface area contributed by atoms with Crippen molar-refractivity contribution in [3.8, 4) is 0 Å². The summed E-state index contributed by atoms with van der Waals surface area (Å²) in [5.41, 5.74) is 4.20. The van der Waals surface area contributed by atoms with E-state index in [0.717, 1.165) is 48.9 Å². The number of hydrogen-bond acceptors (Lipinski definition) is 4. The second-order valence-corrected chi connectivity index (χ2v) is 9.63. The number of amides is 1. The van der Waals surface area contributed by atoms with Gasteiger partial charge < -0.3 is 4.90 Å². The predicted molar refractivity (Wildman–Crippen MR) is 125 cm³/mol. The van der Waals surface area contributed by atoms with Crippen molar-refractivity contribution in [2.45, 2.75) is 65.0 Å². The Kier molecular flexibility index (Phi) is 6.37. The van der Waals surface area contributed by atoms with Crippen molar-refractivity contribution in [3.05, 3.63) is 69.2 Å². The Hall–Kier alpha value is -2.73. The minimum absolute atomic E-state index is 0.0951. The Morgan fingerprint density at radius 1 is 1.32 bits per heavy atom. The Bertz CT molecular complexity index is 1060. The molecule has 1 amide bonds. The molecule has 0 spiro atoms. The van der Waals surface area contributed by atoms with Crippen molar-refractivity contribution in [1.29, 1.82) is 0 Å². The van der Waals surface area contributed by atoms with Gasteiger partial charge >= 0.3 is 0 Å². The molecule has 2 aromatic heterocycles. The van der Waals surface area contributed by atoms with Crippen molar-refractivity contribution in [2.75, 3.05) is 4.90 Å². The topological polar surface area (TPSA) is 55.2 Å². The van der Waals surface area contributed by atoms with E-state index in [1.807, 2.05) is 40.2 Å². The number of aryl methyl sites for hydroxylation is 2. The number of thiophene rings is 1. The number of aromatic nitrogens is 2. The van der Waals surface area contributed by atoms with Crippen LogP contribution >= 0.6 is 11.3 Å². The normalized spacial score (nSPS) is 15.7. The molecule has 0 saturated carbocycles. The van der Waals surface area contributed by atoms with Crippen LogP contribution in [0.2, 0.25) is 0 Å². The van der Waals surface area contributed by atoms with Crippen LogP contribution in [0.4, 0.5) is 5.69 Å². The molecule has 1 unspecified atom stereocenters. The molecule has 6 heteroatoms. The first kappa shape index (κ1) is 21.5. The van der Waals surface area contributed by atoms with Crippen LogP contribution in [-0.4, -0.2) is 22.0 Å². The molecule has 1 aliphatic carbocycles. The molecule has 1 aliphatic rings. The van der Waals surface area contributed by atoms with Gasteiger partial charge in [-0.2, -0.15) is 5.10 Å². The summed E-state index contributed by atoms with van der Waals surface area (Å²) < 4.78 is 1.88. The fourth-order valence-corrected chi connectivity index (χ4v) is 5.34. The molecular formula is C25H29N3O2S. The molecule has 1 atom stereocenters. The maximum absolute atomic E-state index is 13.9. The van der Waals surface area contributed by atoms with E-state index in [1.54, 1.807) is 0 Å². The van der Waals surface area contributed by atoms with Crippen LogP contribution in [0, 0.1) is 0 Å². The molecule has 1 aromatic carbocycles. The highest BCUT2D eigenvalue weighted by Crippen LogP contribution is 2.39. The van der Waals surface area contributed by atoms with Gasteiger partial charge in [0.1, 0.15) is 0 Å². The molecule has 162 valence electrons. The summed E-state index contributed by atoms with van der Waals surface area (Å²) in [7, 11) is 0. The van der Waals surface area contributed by atoms with E-state index in [-0.39, 0.29) is 11.8 Å². The van der Waals surface area contributed by atoms with E-state index in [9.17, 15) is 9.59 Å². The smallest absolute Gasteiger partial charge is 0.234 e. The van der Waals surface area contributed by atoms with E-state index >= 15 is 0 Å². The van der Waals surface area contributed by atoms with Crippen molar-refractivity contribution < 1.29 is 9.59 Å². The van der Waals surface area contributed by atoms with Gasteiger partial charge in [-0.25, -0.2) is 0 Å². The number of nitrogens with zero attached hydrogens (tertiary/aromatic N) is 3. The van der Waals surface area contributed by atoms with Gasteiger partial charge in [0, 0.05) is 28.9 Å². The zero-order chi connectivity index (χ0) is 22.0. The Balaban J connectivity index is 1.69. The largest absolute Gasteiger partial charge is 0.307 e. The number of rotatable bonds is 7. The third kappa shape index (κ3) is 4.49. The summed E-state index contributed by atoms with van der Waals surface area (Å²) in [5, 5.41) is 4.38. The van der Waals surface area contributed by atoms with Gasteiger partial charge in [-0.05, 0) is 61.4 Å². The van der Waals surface area contributed by atoms with Crippen LogP contribution in [0.1, 0.15) is 76.7 Å². The summed E-state index contributed by atoms with van der Waals surface area (Å²) in [6, 6.07) is 10.2. The first-order valence-electron chi connectivity index (χ1n) is 11.0. The summed E-state index contributed by atoms with van der Waals surface area (Å²) >= 11 is 1.53. The maximum atomic E-state index is 13.9. The van der Waals surface area contributed by atoms with E-state index in [2.05, 4.69) is 38.0 Å². The number of carbonyl (C=O) groups is 2. The van der Waals surface area contributed by atoms with E-state index in [4.69, 9.17) is 0 Å². The van der Waals surface area contributed by atoms with Crippen LogP contribution in [0.25, 0.3) is 0 Å². The summed E-state index contributed by atoms with van der Waals surface area (Å²) in [6.07, 6.45) is 7.47. The van der Waals surface area contributed by atoms with Gasteiger partial charge in [0.15, 0.2) is 6.29 Å². The fraction of sp³-hybridized carbons (Fsp3) is 0.400. The Morgan fingerprint density at radius 3 is 2.74 bits per heavy atom. The number of anilines is 1. The highest BCUT2D eigenvalue weighted by molar-refractivity contribution is 7.13. The molecule has 2 heterocycles. The van der Waals surface area contributed by atoms with Crippen LogP contribution in [0.15, 0.2) is 42.7 Å². The highest BCUT2D eigenvalue weighted by atomic mass is 32.1. The van der Waals surface area contributed by atoms with Crippen molar-refractivity contribution >= 4 is 29.2 Å². The minimum atomic E-state index is -0.209. The van der Waals surface area contributed by atoms with Crippen molar-refractivity contribution in [1.82, 2.24) is 9.78 Å². The molecule has 0 aliphatic heterocycles. The minimum Gasteiger partial charge on any atom is -0.307 e.